The largest absolute Gasteiger partial charge is 0.493 e. The molecule has 3 aromatic rings. The van der Waals surface area contributed by atoms with E-state index in [1.807, 2.05) is 25.3 Å². The minimum atomic E-state index is -4.63. The number of ether oxygens (including phenoxy) is 2. The number of rotatable bonds is 7. The molecule has 7 nitrogen and oxygen atoms in total. The predicted molar refractivity (Wildman–Crippen MR) is 140 cm³/mol. The highest BCUT2D eigenvalue weighted by Crippen LogP contribution is 2.31. The first kappa shape index (κ1) is 26.7. The zero-order valence-electron chi connectivity index (χ0n) is 21.5. The minimum Gasteiger partial charge on any atom is -0.493 e. The molecular formula is C29H29F3N4O3. The number of hydrogen-bond donors (Lipinski definition) is 1. The molecule has 1 amide bonds. The molecule has 1 aliphatic carbocycles. The van der Waals surface area contributed by atoms with Gasteiger partial charge in [0.1, 0.15) is 11.5 Å². The van der Waals surface area contributed by atoms with Crippen LogP contribution < -0.4 is 5.32 Å². The molecule has 1 aliphatic heterocycles. The maximum atomic E-state index is 13.0. The van der Waals surface area contributed by atoms with Crippen molar-refractivity contribution in [3.63, 3.8) is 0 Å². The van der Waals surface area contributed by atoms with Gasteiger partial charge < -0.3 is 14.8 Å². The summed E-state index contributed by atoms with van der Waals surface area (Å²) in [6.07, 6.45) is 7.96. The molecule has 2 aromatic heterocycles. The third kappa shape index (κ3) is 6.39. The molecule has 10 heteroatoms. The number of aromatic nitrogens is 3. The van der Waals surface area contributed by atoms with Crippen LogP contribution >= 0.6 is 0 Å². The average Bonchev–Trinajstić information content (AvgIpc) is 3.43. The molecule has 1 fully saturated rings. The number of anilines is 1. The van der Waals surface area contributed by atoms with E-state index in [0.717, 1.165) is 79.3 Å². The lowest BCUT2D eigenvalue weighted by Crippen LogP contribution is -2.20. The zero-order valence-corrected chi connectivity index (χ0v) is 21.5. The van der Waals surface area contributed by atoms with Gasteiger partial charge in [-0.2, -0.15) is 18.3 Å². The van der Waals surface area contributed by atoms with E-state index in [-0.39, 0.29) is 5.56 Å². The second kappa shape index (κ2) is 11.4. The number of alkyl halides is 3. The number of halogens is 3. The van der Waals surface area contributed by atoms with Gasteiger partial charge in [0.15, 0.2) is 0 Å². The number of nitrogens with zero attached hydrogens (tertiary/aromatic N) is 3. The molecule has 0 atom stereocenters. The number of amides is 1. The van der Waals surface area contributed by atoms with Gasteiger partial charge in [0, 0.05) is 48.0 Å². The first-order valence-corrected chi connectivity index (χ1v) is 12.9. The van der Waals surface area contributed by atoms with Gasteiger partial charge in [-0.25, -0.2) is 4.68 Å². The number of benzene rings is 1. The van der Waals surface area contributed by atoms with Gasteiger partial charge in [-0.1, -0.05) is 12.1 Å². The van der Waals surface area contributed by atoms with Crippen LogP contribution in [0.5, 0.6) is 0 Å². The normalized spacial score (nSPS) is 16.4. The first-order valence-electron chi connectivity index (χ1n) is 12.9. The Bertz CT molecular complexity index is 1400. The van der Waals surface area contributed by atoms with Crippen molar-refractivity contribution in [1.82, 2.24) is 14.8 Å². The van der Waals surface area contributed by atoms with E-state index in [9.17, 15) is 18.0 Å². The second-order valence-corrected chi connectivity index (χ2v) is 9.71. The summed E-state index contributed by atoms with van der Waals surface area (Å²) in [6, 6.07) is 7.24. The number of allylic oxidation sites excluding steroid dienone is 3. The van der Waals surface area contributed by atoms with Gasteiger partial charge in [-0.3, -0.25) is 9.78 Å². The zero-order chi connectivity index (χ0) is 27.4. The molecule has 204 valence electrons. The van der Waals surface area contributed by atoms with Crippen molar-refractivity contribution in [2.24, 2.45) is 5.92 Å². The van der Waals surface area contributed by atoms with Crippen LogP contribution in [0.3, 0.4) is 0 Å². The maximum absolute atomic E-state index is 13.0. The van der Waals surface area contributed by atoms with Crippen LogP contribution in [-0.4, -0.2) is 40.5 Å². The summed E-state index contributed by atoms with van der Waals surface area (Å²) < 4.78 is 52.4. The topological polar surface area (TPSA) is 78.3 Å². The van der Waals surface area contributed by atoms with Crippen molar-refractivity contribution in [2.75, 3.05) is 25.1 Å². The first-order chi connectivity index (χ1) is 18.8. The van der Waals surface area contributed by atoms with E-state index in [1.54, 1.807) is 23.0 Å². The molecule has 0 radical (unpaired) electrons. The summed E-state index contributed by atoms with van der Waals surface area (Å²) >= 11 is 0. The molecule has 1 aromatic carbocycles. The van der Waals surface area contributed by atoms with Gasteiger partial charge >= 0.3 is 6.18 Å². The summed E-state index contributed by atoms with van der Waals surface area (Å²) in [4.78, 5) is 16.0. The van der Waals surface area contributed by atoms with Crippen LogP contribution in [0.25, 0.3) is 11.3 Å². The molecule has 0 saturated carbocycles. The molecule has 0 bridgehead atoms. The Balaban J connectivity index is 1.34. The SMILES string of the molecule is Cc1ccc(NC(=O)c2ccnc(C(F)(F)F)c2)cc1-n1cc(C2=C(OCC3CCOCC3)C=CCC2)cn1. The Hall–Kier alpha value is -3.92. The number of hydrogen-bond acceptors (Lipinski definition) is 5. The fourth-order valence-electron chi connectivity index (χ4n) is 4.66. The number of nitrogens with one attached hydrogen (secondary N) is 1. The van der Waals surface area contributed by atoms with Gasteiger partial charge in [-0.05, 0) is 74.4 Å². The van der Waals surface area contributed by atoms with Gasteiger partial charge in [0.25, 0.3) is 5.91 Å². The average molecular weight is 539 g/mol. The Morgan fingerprint density at radius 2 is 2.03 bits per heavy atom. The van der Waals surface area contributed by atoms with Crippen LogP contribution in [-0.2, 0) is 15.7 Å². The summed E-state index contributed by atoms with van der Waals surface area (Å²) in [6.45, 7) is 4.13. The lowest BCUT2D eigenvalue weighted by atomic mass is 9.98. The van der Waals surface area contributed by atoms with Crippen molar-refractivity contribution in [1.29, 1.82) is 0 Å². The van der Waals surface area contributed by atoms with Crippen LogP contribution in [0.2, 0.25) is 0 Å². The molecule has 0 spiro atoms. The van der Waals surface area contributed by atoms with Crippen molar-refractivity contribution in [3.8, 4) is 5.69 Å². The van der Waals surface area contributed by atoms with Crippen molar-refractivity contribution in [3.05, 3.63) is 89.2 Å². The Morgan fingerprint density at radius 3 is 2.82 bits per heavy atom. The lowest BCUT2D eigenvalue weighted by Gasteiger charge is -2.24. The highest BCUT2D eigenvalue weighted by molar-refractivity contribution is 6.04. The quantitative estimate of drug-likeness (QED) is 0.379. The van der Waals surface area contributed by atoms with Gasteiger partial charge in [0.2, 0.25) is 0 Å². The smallest absolute Gasteiger partial charge is 0.433 e. The summed E-state index contributed by atoms with van der Waals surface area (Å²) in [5.74, 6) is 0.684. The molecule has 1 N–H and O–H groups in total. The fourth-order valence-corrected chi connectivity index (χ4v) is 4.66. The fraction of sp³-hybridized carbons (Fsp3) is 0.345. The molecule has 1 saturated heterocycles. The summed E-state index contributed by atoms with van der Waals surface area (Å²) in [5.41, 5.74) is 2.88. The van der Waals surface area contributed by atoms with E-state index < -0.39 is 17.8 Å². The van der Waals surface area contributed by atoms with E-state index >= 15 is 0 Å². The number of carbonyl (C=O) groups excluding carboxylic acids is 1. The van der Waals surface area contributed by atoms with E-state index in [0.29, 0.717) is 18.2 Å². The van der Waals surface area contributed by atoms with Crippen LogP contribution in [0, 0.1) is 12.8 Å². The Kier molecular flexibility index (Phi) is 7.83. The third-order valence-electron chi connectivity index (χ3n) is 6.90. The molecule has 39 heavy (non-hydrogen) atoms. The molecular weight excluding hydrogens is 509 g/mol. The lowest BCUT2D eigenvalue weighted by molar-refractivity contribution is -0.141. The third-order valence-corrected chi connectivity index (χ3v) is 6.90. The summed E-state index contributed by atoms with van der Waals surface area (Å²) in [7, 11) is 0. The molecule has 5 rings (SSSR count). The molecule has 3 heterocycles. The van der Waals surface area contributed by atoms with Crippen LogP contribution in [0.15, 0.2) is 66.8 Å². The predicted octanol–water partition coefficient (Wildman–Crippen LogP) is 6.35. The Labute approximate surface area is 224 Å². The van der Waals surface area contributed by atoms with Crippen molar-refractivity contribution in [2.45, 2.75) is 38.8 Å². The molecule has 2 aliphatic rings. The van der Waals surface area contributed by atoms with Crippen molar-refractivity contribution >= 4 is 17.2 Å². The monoisotopic (exact) mass is 538 g/mol. The van der Waals surface area contributed by atoms with Gasteiger partial charge in [-0.15, -0.1) is 0 Å². The second-order valence-electron chi connectivity index (χ2n) is 9.71. The minimum absolute atomic E-state index is 0.133. The molecule has 0 unspecified atom stereocenters. The van der Waals surface area contributed by atoms with Crippen LogP contribution in [0.1, 0.15) is 52.9 Å². The Morgan fingerprint density at radius 1 is 1.21 bits per heavy atom. The number of pyridine rings is 1. The number of carbonyl (C=O) groups is 1. The van der Waals surface area contributed by atoms with E-state index in [2.05, 4.69) is 21.5 Å². The standard InChI is InChI=1S/C29H29F3N4O3/c1-19-6-7-23(35-28(37)21-8-11-33-27(14-21)29(30,31)32)15-25(19)36-17-22(16-34-36)24-4-2-3-5-26(24)39-18-20-9-12-38-13-10-20/h3,5-8,11,14-17,20H,2,4,9-10,12-13,18H2,1H3,(H,35,37). The van der Waals surface area contributed by atoms with E-state index in [1.165, 1.54) is 6.07 Å². The maximum Gasteiger partial charge on any atom is 0.433 e. The number of aryl methyl sites for hydroxylation is 1. The highest BCUT2D eigenvalue weighted by atomic mass is 19.4. The van der Waals surface area contributed by atoms with Crippen molar-refractivity contribution < 1.29 is 27.4 Å². The van der Waals surface area contributed by atoms with Crippen LogP contribution in [0.4, 0.5) is 18.9 Å². The summed E-state index contributed by atoms with van der Waals surface area (Å²) in [5, 5.41) is 7.24. The highest BCUT2D eigenvalue weighted by Gasteiger charge is 2.33. The van der Waals surface area contributed by atoms with Gasteiger partial charge in [0.05, 0.1) is 18.5 Å². The van der Waals surface area contributed by atoms with E-state index in [4.69, 9.17) is 9.47 Å².